The molecule has 1 aliphatic carbocycles. The first-order valence-electron chi connectivity index (χ1n) is 11.0. The van der Waals surface area contributed by atoms with Crippen molar-refractivity contribution in [1.29, 1.82) is 5.26 Å². The Morgan fingerprint density at radius 1 is 1.16 bits per heavy atom. The van der Waals surface area contributed by atoms with E-state index in [2.05, 4.69) is 46.3 Å². The fourth-order valence-electron chi connectivity index (χ4n) is 5.55. The molecule has 0 bridgehead atoms. The number of aryl methyl sites for hydroxylation is 1. The van der Waals surface area contributed by atoms with E-state index < -0.39 is 0 Å². The molecule has 1 saturated carbocycles. The quantitative estimate of drug-likeness (QED) is 0.715. The van der Waals surface area contributed by atoms with Gasteiger partial charge in [-0.05, 0) is 73.9 Å². The summed E-state index contributed by atoms with van der Waals surface area (Å²) in [5, 5.41) is 12.3. The van der Waals surface area contributed by atoms with E-state index in [9.17, 15) is 4.79 Å². The first-order chi connectivity index (χ1) is 15.0. The molecule has 0 spiro atoms. The van der Waals surface area contributed by atoms with E-state index in [-0.39, 0.29) is 24.2 Å². The minimum absolute atomic E-state index is 0.00354. The average molecular weight is 417 g/mol. The molecular weight excluding hydrogens is 388 g/mol. The maximum Gasteiger partial charge on any atom is 0.318 e. The standard InChI is InChI=1S/C24H28N6O/c1-14-9-18(7-8-26-14)23-20-10-19-13-30(15(2)17-5-3-16(12-25)4-6-17)24(31)27-21(19)11-22(20)28-29-23/h3-9,15,19-23,28-29H,10-11,13H2,1-2H3,(H,27,31)/t15-,19?,20?,21?,22?,23?/m1/s1. The molecule has 160 valence electrons. The fraction of sp³-hybridized carbons (Fsp3) is 0.458. The Morgan fingerprint density at radius 2 is 1.97 bits per heavy atom. The molecule has 3 fully saturated rings. The van der Waals surface area contributed by atoms with Gasteiger partial charge in [-0.2, -0.15) is 5.26 Å². The topological polar surface area (TPSA) is 93.1 Å². The van der Waals surface area contributed by atoms with Gasteiger partial charge in [-0.15, -0.1) is 0 Å². The van der Waals surface area contributed by atoms with Crippen molar-refractivity contribution in [2.45, 2.75) is 50.9 Å². The van der Waals surface area contributed by atoms with E-state index in [0.717, 1.165) is 30.6 Å². The summed E-state index contributed by atoms with van der Waals surface area (Å²) in [5.74, 6) is 0.886. The number of amides is 2. The van der Waals surface area contributed by atoms with Crippen LogP contribution in [0.1, 0.15) is 54.2 Å². The van der Waals surface area contributed by atoms with Crippen LogP contribution in [0.4, 0.5) is 4.79 Å². The van der Waals surface area contributed by atoms with Crippen molar-refractivity contribution in [2.24, 2.45) is 11.8 Å². The molecular formula is C24H28N6O. The highest BCUT2D eigenvalue weighted by molar-refractivity contribution is 5.76. The van der Waals surface area contributed by atoms with Crippen LogP contribution < -0.4 is 16.2 Å². The Hall–Kier alpha value is -2.95. The molecule has 2 saturated heterocycles. The van der Waals surface area contributed by atoms with Crippen molar-refractivity contribution in [2.75, 3.05) is 6.54 Å². The molecule has 1 aromatic carbocycles. The second-order valence-corrected chi connectivity index (χ2v) is 9.12. The molecule has 3 heterocycles. The average Bonchev–Trinajstić information content (AvgIpc) is 3.19. The molecule has 3 N–H and O–H groups in total. The third kappa shape index (κ3) is 3.67. The Kier molecular flexibility index (Phi) is 5.12. The number of hydrogen-bond donors (Lipinski definition) is 3. The molecule has 1 aromatic heterocycles. The maximum absolute atomic E-state index is 12.9. The first-order valence-corrected chi connectivity index (χ1v) is 11.0. The lowest BCUT2D eigenvalue weighted by molar-refractivity contribution is 0.0835. The lowest BCUT2D eigenvalue weighted by atomic mass is 9.71. The van der Waals surface area contributed by atoms with Gasteiger partial charge in [0.15, 0.2) is 0 Å². The first kappa shape index (κ1) is 20.0. The van der Waals surface area contributed by atoms with Crippen molar-refractivity contribution in [3.63, 3.8) is 0 Å². The third-order valence-corrected chi connectivity index (χ3v) is 7.29. The highest BCUT2D eigenvalue weighted by Crippen LogP contribution is 2.42. The van der Waals surface area contributed by atoms with Gasteiger partial charge in [0.05, 0.1) is 23.7 Å². The van der Waals surface area contributed by atoms with Crippen LogP contribution in [0.3, 0.4) is 0 Å². The van der Waals surface area contributed by atoms with Crippen LogP contribution in [0, 0.1) is 30.1 Å². The Labute approximate surface area is 182 Å². The zero-order chi connectivity index (χ0) is 21.5. The minimum Gasteiger partial charge on any atom is -0.335 e. The second-order valence-electron chi connectivity index (χ2n) is 9.12. The number of carbonyl (C=O) groups excluding carboxylic acids is 1. The predicted molar refractivity (Wildman–Crippen MR) is 117 cm³/mol. The third-order valence-electron chi connectivity index (χ3n) is 7.29. The largest absolute Gasteiger partial charge is 0.335 e. The van der Waals surface area contributed by atoms with E-state index in [1.165, 1.54) is 5.56 Å². The van der Waals surface area contributed by atoms with E-state index >= 15 is 0 Å². The number of benzene rings is 1. The van der Waals surface area contributed by atoms with Crippen molar-refractivity contribution < 1.29 is 4.79 Å². The monoisotopic (exact) mass is 416 g/mol. The number of pyridine rings is 1. The van der Waals surface area contributed by atoms with Gasteiger partial charge in [-0.3, -0.25) is 10.4 Å². The lowest BCUT2D eigenvalue weighted by Crippen LogP contribution is -2.61. The highest BCUT2D eigenvalue weighted by atomic mass is 16.2. The number of hydrazine groups is 1. The van der Waals surface area contributed by atoms with Crippen LogP contribution in [-0.4, -0.2) is 34.5 Å². The summed E-state index contributed by atoms with van der Waals surface area (Å²) in [6.07, 6.45) is 3.87. The molecule has 2 aliphatic heterocycles. The van der Waals surface area contributed by atoms with Crippen LogP contribution in [-0.2, 0) is 0 Å². The molecule has 0 radical (unpaired) electrons. The summed E-state index contributed by atoms with van der Waals surface area (Å²) in [4.78, 5) is 19.2. The zero-order valence-electron chi connectivity index (χ0n) is 17.9. The number of nitriles is 1. The van der Waals surface area contributed by atoms with E-state index in [0.29, 0.717) is 23.4 Å². The molecule has 5 rings (SSSR count). The van der Waals surface area contributed by atoms with Crippen molar-refractivity contribution >= 4 is 6.03 Å². The van der Waals surface area contributed by atoms with Crippen LogP contribution in [0.2, 0.25) is 0 Å². The molecule has 7 heteroatoms. The van der Waals surface area contributed by atoms with Crippen molar-refractivity contribution in [3.8, 4) is 6.07 Å². The maximum atomic E-state index is 12.9. The second kappa shape index (κ2) is 7.95. The van der Waals surface area contributed by atoms with Gasteiger partial charge in [-0.1, -0.05) is 12.1 Å². The van der Waals surface area contributed by atoms with Gasteiger partial charge < -0.3 is 10.2 Å². The number of urea groups is 1. The van der Waals surface area contributed by atoms with Crippen molar-refractivity contribution in [1.82, 2.24) is 26.1 Å². The number of hydrogen-bond acceptors (Lipinski definition) is 5. The zero-order valence-corrected chi connectivity index (χ0v) is 17.9. The van der Waals surface area contributed by atoms with Gasteiger partial charge in [0, 0.05) is 30.5 Å². The van der Waals surface area contributed by atoms with Crippen molar-refractivity contribution in [3.05, 3.63) is 65.0 Å². The SMILES string of the molecule is Cc1cc(C2NNC3CC4NC(=O)N([C@H](C)c5ccc(C#N)cc5)CC4CC32)ccn1. The summed E-state index contributed by atoms with van der Waals surface area (Å²) in [7, 11) is 0. The minimum atomic E-state index is -0.0371. The Bertz CT molecular complexity index is 1020. The summed E-state index contributed by atoms with van der Waals surface area (Å²) in [5.41, 5.74) is 11.0. The summed E-state index contributed by atoms with van der Waals surface area (Å²) < 4.78 is 0. The predicted octanol–water partition coefficient (Wildman–Crippen LogP) is 2.96. The van der Waals surface area contributed by atoms with Gasteiger partial charge in [-0.25, -0.2) is 10.2 Å². The number of nitrogens with zero attached hydrogens (tertiary/aromatic N) is 3. The molecule has 2 amide bonds. The fourth-order valence-corrected chi connectivity index (χ4v) is 5.55. The Balaban J connectivity index is 1.33. The number of nitrogens with one attached hydrogen (secondary N) is 3. The molecule has 31 heavy (non-hydrogen) atoms. The summed E-state index contributed by atoms with van der Waals surface area (Å²) in [6.45, 7) is 4.84. The van der Waals surface area contributed by atoms with Gasteiger partial charge in [0.25, 0.3) is 0 Å². The van der Waals surface area contributed by atoms with Gasteiger partial charge in [0.2, 0.25) is 0 Å². The van der Waals surface area contributed by atoms with Gasteiger partial charge >= 0.3 is 6.03 Å². The summed E-state index contributed by atoms with van der Waals surface area (Å²) >= 11 is 0. The molecule has 5 unspecified atom stereocenters. The lowest BCUT2D eigenvalue weighted by Gasteiger charge is -2.47. The Morgan fingerprint density at radius 3 is 2.71 bits per heavy atom. The van der Waals surface area contributed by atoms with E-state index in [4.69, 9.17) is 5.26 Å². The molecule has 6 atom stereocenters. The van der Waals surface area contributed by atoms with Crippen LogP contribution in [0.25, 0.3) is 0 Å². The number of rotatable bonds is 3. The number of fused-ring (bicyclic) bond motifs is 2. The molecule has 3 aliphatic rings. The smallest absolute Gasteiger partial charge is 0.318 e. The van der Waals surface area contributed by atoms with E-state index in [1.807, 2.05) is 42.3 Å². The molecule has 2 aromatic rings. The van der Waals surface area contributed by atoms with Crippen LogP contribution in [0.15, 0.2) is 42.6 Å². The van der Waals surface area contributed by atoms with Crippen LogP contribution in [0.5, 0.6) is 0 Å². The normalized spacial score (nSPS) is 30.7. The number of carbonyl (C=O) groups is 1. The van der Waals surface area contributed by atoms with Gasteiger partial charge in [0.1, 0.15) is 0 Å². The number of aromatic nitrogens is 1. The van der Waals surface area contributed by atoms with Crippen LogP contribution >= 0.6 is 0 Å². The summed E-state index contributed by atoms with van der Waals surface area (Å²) in [6, 6.07) is 14.7. The van der Waals surface area contributed by atoms with E-state index in [1.54, 1.807) is 0 Å². The molecule has 7 nitrogen and oxygen atoms in total. The highest BCUT2D eigenvalue weighted by Gasteiger charge is 2.48.